The Morgan fingerprint density at radius 2 is 2.29 bits per heavy atom. The van der Waals surface area contributed by atoms with Crippen molar-refractivity contribution in [2.24, 2.45) is 0 Å². The molecule has 17 heavy (non-hydrogen) atoms. The third kappa shape index (κ3) is 3.84. The van der Waals surface area contributed by atoms with Gasteiger partial charge in [0.25, 0.3) is 5.91 Å². The first-order valence-electron chi connectivity index (χ1n) is 6.05. The largest absolute Gasteiger partial charge is 0.348 e. The Labute approximate surface area is 111 Å². The van der Waals surface area contributed by atoms with Gasteiger partial charge in [0, 0.05) is 17.9 Å². The summed E-state index contributed by atoms with van der Waals surface area (Å²) in [6, 6.07) is 2.05. The number of hydrogen-bond acceptors (Lipinski definition) is 2. The molecule has 4 nitrogen and oxygen atoms in total. The van der Waals surface area contributed by atoms with E-state index in [4.69, 9.17) is 0 Å². The lowest BCUT2D eigenvalue weighted by Gasteiger charge is -2.12. The average molecular weight is 302 g/mol. The van der Waals surface area contributed by atoms with E-state index in [1.807, 2.05) is 26.8 Å². The van der Waals surface area contributed by atoms with Gasteiger partial charge in [0.05, 0.1) is 5.69 Å². The molecule has 1 aromatic heterocycles. The van der Waals surface area contributed by atoms with E-state index in [0.29, 0.717) is 5.69 Å². The zero-order valence-corrected chi connectivity index (χ0v) is 12.2. The van der Waals surface area contributed by atoms with Crippen molar-refractivity contribution in [3.63, 3.8) is 0 Å². The zero-order chi connectivity index (χ0) is 12.8. The summed E-state index contributed by atoms with van der Waals surface area (Å²) < 4.78 is 1.76. The molecular formula is C12H20BrN3O. The number of aromatic nitrogens is 2. The van der Waals surface area contributed by atoms with Gasteiger partial charge in [-0.15, -0.1) is 0 Å². The first-order valence-corrected chi connectivity index (χ1v) is 7.18. The summed E-state index contributed by atoms with van der Waals surface area (Å²) in [6.45, 7) is 6.75. The van der Waals surface area contributed by atoms with Gasteiger partial charge in [-0.25, -0.2) is 0 Å². The van der Waals surface area contributed by atoms with Gasteiger partial charge in [-0.2, -0.15) is 5.10 Å². The van der Waals surface area contributed by atoms with Crippen molar-refractivity contribution >= 4 is 21.8 Å². The summed E-state index contributed by atoms with van der Waals surface area (Å²) in [5.41, 5.74) is 1.62. The molecule has 1 amide bonds. The van der Waals surface area contributed by atoms with E-state index in [2.05, 4.69) is 26.3 Å². The van der Waals surface area contributed by atoms with E-state index in [1.54, 1.807) is 4.68 Å². The normalized spacial score (nSPS) is 12.5. The first kappa shape index (κ1) is 14.2. The van der Waals surface area contributed by atoms with E-state index in [-0.39, 0.29) is 11.9 Å². The summed E-state index contributed by atoms with van der Waals surface area (Å²) in [7, 11) is 0. The SMILES string of the molecule is CCc1cc(C(=O)NC(C)CCBr)n(CC)n1. The number of carbonyl (C=O) groups is 1. The molecular weight excluding hydrogens is 282 g/mol. The van der Waals surface area contributed by atoms with Gasteiger partial charge in [-0.05, 0) is 32.8 Å². The molecule has 1 N–H and O–H groups in total. The van der Waals surface area contributed by atoms with Crippen LogP contribution in [0.15, 0.2) is 6.07 Å². The highest BCUT2D eigenvalue weighted by molar-refractivity contribution is 9.09. The Morgan fingerprint density at radius 3 is 2.82 bits per heavy atom. The molecule has 0 fully saturated rings. The smallest absolute Gasteiger partial charge is 0.269 e. The highest BCUT2D eigenvalue weighted by Crippen LogP contribution is 2.06. The average Bonchev–Trinajstić information content (AvgIpc) is 2.72. The molecule has 96 valence electrons. The highest BCUT2D eigenvalue weighted by atomic mass is 79.9. The number of nitrogens with zero attached hydrogens (tertiary/aromatic N) is 2. The van der Waals surface area contributed by atoms with Crippen LogP contribution < -0.4 is 5.32 Å². The predicted molar refractivity (Wildman–Crippen MR) is 72.6 cm³/mol. The van der Waals surface area contributed by atoms with Crippen molar-refractivity contribution < 1.29 is 4.79 Å². The maximum atomic E-state index is 12.1. The lowest BCUT2D eigenvalue weighted by molar-refractivity contribution is 0.0929. The molecule has 0 bridgehead atoms. The second kappa shape index (κ2) is 6.79. The minimum Gasteiger partial charge on any atom is -0.348 e. The Hall–Kier alpha value is -0.840. The number of hydrogen-bond donors (Lipinski definition) is 1. The van der Waals surface area contributed by atoms with Crippen molar-refractivity contribution in [2.45, 2.75) is 46.2 Å². The number of amides is 1. The first-order chi connectivity index (χ1) is 8.12. The molecule has 0 aliphatic heterocycles. The quantitative estimate of drug-likeness (QED) is 0.820. The number of aryl methyl sites for hydroxylation is 2. The van der Waals surface area contributed by atoms with Crippen LogP contribution in [0.2, 0.25) is 0 Å². The Bertz CT molecular complexity index is 376. The molecule has 0 radical (unpaired) electrons. The molecule has 0 saturated heterocycles. The van der Waals surface area contributed by atoms with Crippen molar-refractivity contribution in [1.82, 2.24) is 15.1 Å². The molecule has 1 aromatic rings. The third-order valence-corrected chi connectivity index (χ3v) is 3.10. The van der Waals surface area contributed by atoms with Gasteiger partial charge >= 0.3 is 0 Å². The van der Waals surface area contributed by atoms with Crippen LogP contribution in [0.25, 0.3) is 0 Å². The lowest BCUT2D eigenvalue weighted by Crippen LogP contribution is -2.34. The van der Waals surface area contributed by atoms with E-state index in [0.717, 1.165) is 30.4 Å². The molecule has 1 atom stereocenters. The van der Waals surface area contributed by atoms with Gasteiger partial charge in [0.2, 0.25) is 0 Å². The molecule has 1 heterocycles. The number of halogens is 1. The molecule has 0 spiro atoms. The molecule has 0 saturated carbocycles. The van der Waals surface area contributed by atoms with Crippen molar-refractivity contribution in [2.75, 3.05) is 5.33 Å². The van der Waals surface area contributed by atoms with Crippen LogP contribution in [-0.4, -0.2) is 27.1 Å². The van der Waals surface area contributed by atoms with Crippen LogP contribution in [0.3, 0.4) is 0 Å². The van der Waals surface area contributed by atoms with Crippen molar-refractivity contribution in [1.29, 1.82) is 0 Å². The topological polar surface area (TPSA) is 46.9 Å². The summed E-state index contributed by atoms with van der Waals surface area (Å²) in [5.74, 6) is -0.0347. The van der Waals surface area contributed by atoms with Gasteiger partial charge < -0.3 is 5.32 Å². The van der Waals surface area contributed by atoms with Crippen LogP contribution in [-0.2, 0) is 13.0 Å². The maximum Gasteiger partial charge on any atom is 0.269 e. The molecule has 0 aromatic carbocycles. The van der Waals surface area contributed by atoms with E-state index in [9.17, 15) is 4.79 Å². The number of rotatable bonds is 6. The Morgan fingerprint density at radius 1 is 1.59 bits per heavy atom. The fourth-order valence-corrected chi connectivity index (χ4v) is 2.29. The minimum atomic E-state index is -0.0347. The predicted octanol–water partition coefficient (Wildman–Crippen LogP) is 2.37. The van der Waals surface area contributed by atoms with Gasteiger partial charge in [-0.3, -0.25) is 9.48 Å². The molecule has 0 aliphatic rings. The molecule has 1 rings (SSSR count). The van der Waals surface area contributed by atoms with E-state index >= 15 is 0 Å². The Balaban J connectivity index is 2.77. The summed E-state index contributed by atoms with van der Waals surface area (Å²) in [5, 5.41) is 8.24. The molecule has 0 aliphatic carbocycles. The number of alkyl halides is 1. The van der Waals surface area contributed by atoms with Crippen LogP contribution >= 0.6 is 15.9 Å². The van der Waals surface area contributed by atoms with E-state index < -0.39 is 0 Å². The number of nitrogens with one attached hydrogen (secondary N) is 1. The van der Waals surface area contributed by atoms with Crippen LogP contribution in [0.5, 0.6) is 0 Å². The molecule has 1 unspecified atom stereocenters. The second-order valence-corrected chi connectivity index (χ2v) is 4.84. The zero-order valence-electron chi connectivity index (χ0n) is 10.7. The van der Waals surface area contributed by atoms with Crippen LogP contribution in [0.1, 0.15) is 43.4 Å². The highest BCUT2D eigenvalue weighted by Gasteiger charge is 2.15. The fraction of sp³-hybridized carbons (Fsp3) is 0.667. The monoisotopic (exact) mass is 301 g/mol. The van der Waals surface area contributed by atoms with Crippen LogP contribution in [0, 0.1) is 0 Å². The summed E-state index contributed by atoms with van der Waals surface area (Å²) >= 11 is 3.37. The standard InChI is InChI=1S/C12H20BrN3O/c1-4-10-8-11(16(5-2)15-10)12(17)14-9(3)6-7-13/h8-9H,4-7H2,1-3H3,(H,14,17). The minimum absolute atomic E-state index is 0.0347. The fourth-order valence-electron chi connectivity index (χ4n) is 1.60. The summed E-state index contributed by atoms with van der Waals surface area (Å²) in [6.07, 6.45) is 1.77. The van der Waals surface area contributed by atoms with E-state index in [1.165, 1.54) is 0 Å². The van der Waals surface area contributed by atoms with Crippen LogP contribution in [0.4, 0.5) is 0 Å². The molecule has 5 heteroatoms. The van der Waals surface area contributed by atoms with Gasteiger partial charge in [0.1, 0.15) is 5.69 Å². The van der Waals surface area contributed by atoms with Crippen molar-refractivity contribution in [3.8, 4) is 0 Å². The van der Waals surface area contributed by atoms with Gasteiger partial charge in [0.15, 0.2) is 0 Å². The lowest BCUT2D eigenvalue weighted by atomic mass is 10.2. The maximum absolute atomic E-state index is 12.1. The third-order valence-electron chi connectivity index (χ3n) is 2.64. The van der Waals surface area contributed by atoms with Gasteiger partial charge in [-0.1, -0.05) is 22.9 Å². The van der Waals surface area contributed by atoms with Crippen molar-refractivity contribution in [3.05, 3.63) is 17.5 Å². The summed E-state index contributed by atoms with van der Waals surface area (Å²) in [4.78, 5) is 12.1. The number of carbonyl (C=O) groups excluding carboxylic acids is 1. The Kier molecular flexibility index (Phi) is 5.68. The second-order valence-electron chi connectivity index (χ2n) is 4.04.